The first kappa shape index (κ1) is 22.2. The van der Waals surface area contributed by atoms with Gasteiger partial charge < -0.3 is 10.1 Å². The van der Waals surface area contributed by atoms with E-state index in [0.717, 1.165) is 23.5 Å². The smallest absolute Gasteiger partial charge is 0.342 e. The summed E-state index contributed by atoms with van der Waals surface area (Å²) in [5.41, 5.74) is -0.879. The van der Waals surface area contributed by atoms with E-state index in [9.17, 15) is 18.4 Å². The zero-order chi connectivity index (χ0) is 25.1. The molecule has 1 N–H and O–H groups in total. The van der Waals surface area contributed by atoms with Crippen LogP contribution in [0.4, 0.5) is 14.6 Å². The SMILES string of the molecule is COc1nc(NC2CC2)cc2c1c(=O)n(-c1cnc3cc(F)ccn13)c(=O)n2-c1ccc(F)c(Cl)c1. The molecular weight excluding hydrogens is 494 g/mol. The molecule has 5 aromatic rings. The van der Waals surface area contributed by atoms with Crippen molar-refractivity contribution < 1.29 is 13.5 Å². The number of halogens is 3. The third kappa shape index (κ3) is 3.51. The molecule has 9 nitrogen and oxygen atoms in total. The Bertz CT molecular complexity index is 1810. The van der Waals surface area contributed by atoms with Gasteiger partial charge in [0, 0.05) is 24.4 Å². The van der Waals surface area contributed by atoms with Crippen molar-refractivity contribution in [2.24, 2.45) is 0 Å². The highest BCUT2D eigenvalue weighted by Gasteiger charge is 2.26. The number of pyridine rings is 2. The third-order valence-corrected chi connectivity index (χ3v) is 6.26. The molecule has 12 heteroatoms. The Morgan fingerprint density at radius 1 is 1.11 bits per heavy atom. The lowest BCUT2D eigenvalue weighted by Gasteiger charge is -2.17. The molecule has 0 unspecified atom stereocenters. The lowest BCUT2D eigenvalue weighted by molar-refractivity contribution is 0.403. The van der Waals surface area contributed by atoms with Crippen LogP contribution in [0.1, 0.15) is 12.8 Å². The molecule has 4 heterocycles. The van der Waals surface area contributed by atoms with Crippen molar-refractivity contribution in [2.75, 3.05) is 12.4 Å². The summed E-state index contributed by atoms with van der Waals surface area (Å²) >= 11 is 6.04. The second kappa shape index (κ2) is 8.16. The minimum atomic E-state index is -0.771. The van der Waals surface area contributed by atoms with Crippen LogP contribution < -0.4 is 21.3 Å². The number of anilines is 1. The van der Waals surface area contributed by atoms with Gasteiger partial charge in [0.1, 0.15) is 34.3 Å². The number of imidazole rings is 1. The summed E-state index contributed by atoms with van der Waals surface area (Å²) in [5.74, 6) is -0.691. The van der Waals surface area contributed by atoms with Gasteiger partial charge in [0.2, 0.25) is 5.88 Å². The fraction of sp³-hybridized carbons (Fsp3) is 0.167. The topological polar surface area (TPSA) is 95.4 Å². The van der Waals surface area contributed by atoms with Gasteiger partial charge in [-0.25, -0.2) is 23.1 Å². The van der Waals surface area contributed by atoms with Gasteiger partial charge >= 0.3 is 5.69 Å². The Morgan fingerprint density at radius 2 is 1.92 bits per heavy atom. The van der Waals surface area contributed by atoms with Gasteiger partial charge in [0.05, 0.1) is 29.5 Å². The molecule has 1 aliphatic carbocycles. The average Bonchev–Trinajstić information content (AvgIpc) is 3.58. The molecule has 0 aliphatic heterocycles. The summed E-state index contributed by atoms with van der Waals surface area (Å²) < 4.78 is 36.7. The Balaban J connectivity index is 1.75. The molecule has 1 aliphatic rings. The van der Waals surface area contributed by atoms with Crippen molar-refractivity contribution in [2.45, 2.75) is 18.9 Å². The van der Waals surface area contributed by atoms with Crippen molar-refractivity contribution in [1.29, 1.82) is 0 Å². The molecule has 1 aromatic carbocycles. The van der Waals surface area contributed by atoms with Gasteiger partial charge in [0.25, 0.3) is 5.56 Å². The first-order valence-electron chi connectivity index (χ1n) is 11.0. The predicted octanol–water partition coefficient (Wildman–Crippen LogP) is 3.70. The van der Waals surface area contributed by atoms with Crippen LogP contribution >= 0.6 is 11.6 Å². The van der Waals surface area contributed by atoms with Crippen LogP contribution in [0.15, 0.2) is 58.4 Å². The van der Waals surface area contributed by atoms with Gasteiger partial charge in [0.15, 0.2) is 0 Å². The zero-order valence-electron chi connectivity index (χ0n) is 18.7. The quantitative estimate of drug-likeness (QED) is 0.387. The normalized spacial score (nSPS) is 13.4. The number of hydrogen-bond acceptors (Lipinski definition) is 6. The largest absolute Gasteiger partial charge is 0.480 e. The minimum Gasteiger partial charge on any atom is -0.480 e. The molecule has 0 atom stereocenters. The van der Waals surface area contributed by atoms with Crippen molar-refractivity contribution in [3.63, 3.8) is 0 Å². The summed E-state index contributed by atoms with van der Waals surface area (Å²) in [4.78, 5) is 36.3. The van der Waals surface area contributed by atoms with Crippen molar-refractivity contribution >= 4 is 34.0 Å². The predicted molar refractivity (Wildman–Crippen MR) is 130 cm³/mol. The molecule has 0 spiro atoms. The standard InChI is InChI=1S/C24H17ClF2N6O3/c1-36-22-21-17(10-18(30-22)29-13-2-3-13)32(14-4-5-16(27)15(25)9-14)24(35)33(23(21)34)20-11-28-19-8-12(26)6-7-31(19)20/h4-11,13H,2-3H2,1H3,(H,29,30). The van der Waals surface area contributed by atoms with Crippen LogP contribution in [0.3, 0.4) is 0 Å². The van der Waals surface area contributed by atoms with Gasteiger partial charge in [-0.05, 0) is 37.1 Å². The van der Waals surface area contributed by atoms with Crippen LogP contribution in [0.5, 0.6) is 5.88 Å². The summed E-state index contributed by atoms with van der Waals surface area (Å²) in [5, 5.41) is 3.05. The first-order valence-corrected chi connectivity index (χ1v) is 11.4. The van der Waals surface area contributed by atoms with E-state index in [1.165, 1.54) is 52.7 Å². The Labute approximate surface area is 206 Å². The summed E-state index contributed by atoms with van der Waals surface area (Å²) in [6, 6.07) is 7.96. The number of nitrogens with zero attached hydrogens (tertiary/aromatic N) is 5. The number of ether oxygens (including phenoxy) is 1. The maximum Gasteiger partial charge on any atom is 0.342 e. The van der Waals surface area contributed by atoms with Crippen LogP contribution in [-0.4, -0.2) is 36.7 Å². The fourth-order valence-corrected chi connectivity index (χ4v) is 4.30. The van der Waals surface area contributed by atoms with E-state index >= 15 is 0 Å². The van der Waals surface area contributed by atoms with E-state index in [1.807, 2.05) is 0 Å². The highest BCUT2D eigenvalue weighted by Crippen LogP contribution is 2.30. The number of aromatic nitrogens is 5. The van der Waals surface area contributed by atoms with E-state index in [0.29, 0.717) is 5.82 Å². The first-order chi connectivity index (χ1) is 17.4. The minimum absolute atomic E-state index is 0.00350. The van der Waals surface area contributed by atoms with Crippen LogP contribution in [0.25, 0.3) is 28.1 Å². The number of benzene rings is 1. The molecular formula is C24H17ClF2N6O3. The Kier molecular flexibility index (Phi) is 5.04. The molecule has 1 saturated carbocycles. The second-order valence-corrected chi connectivity index (χ2v) is 8.78. The van der Waals surface area contributed by atoms with Crippen LogP contribution in [0.2, 0.25) is 5.02 Å². The molecule has 0 amide bonds. The average molecular weight is 511 g/mol. The lowest BCUT2D eigenvalue weighted by Crippen LogP contribution is -2.39. The maximum atomic E-state index is 14.0. The molecule has 36 heavy (non-hydrogen) atoms. The van der Waals surface area contributed by atoms with Crippen LogP contribution in [0, 0.1) is 11.6 Å². The van der Waals surface area contributed by atoms with Crippen molar-refractivity contribution in [1.82, 2.24) is 23.5 Å². The van der Waals surface area contributed by atoms with Gasteiger partial charge in [-0.2, -0.15) is 4.98 Å². The van der Waals surface area contributed by atoms with Gasteiger partial charge in [-0.1, -0.05) is 11.6 Å². The van der Waals surface area contributed by atoms with Crippen molar-refractivity contribution in [3.8, 4) is 17.4 Å². The van der Waals surface area contributed by atoms with E-state index in [2.05, 4.69) is 15.3 Å². The van der Waals surface area contributed by atoms with E-state index < -0.39 is 22.9 Å². The number of methoxy groups -OCH3 is 1. The molecule has 1 fully saturated rings. The number of rotatable bonds is 5. The zero-order valence-corrected chi connectivity index (χ0v) is 19.5. The highest BCUT2D eigenvalue weighted by atomic mass is 35.5. The summed E-state index contributed by atoms with van der Waals surface area (Å²) in [7, 11) is 1.37. The molecule has 182 valence electrons. The number of hydrogen-bond donors (Lipinski definition) is 1. The molecule has 0 saturated heterocycles. The monoisotopic (exact) mass is 510 g/mol. The van der Waals surface area contributed by atoms with Crippen LogP contribution in [-0.2, 0) is 0 Å². The van der Waals surface area contributed by atoms with E-state index in [1.54, 1.807) is 6.07 Å². The molecule has 0 radical (unpaired) electrons. The second-order valence-electron chi connectivity index (χ2n) is 8.38. The molecule has 0 bridgehead atoms. The van der Waals surface area contributed by atoms with E-state index in [4.69, 9.17) is 16.3 Å². The molecule has 4 aromatic heterocycles. The third-order valence-electron chi connectivity index (χ3n) is 5.97. The molecule has 6 rings (SSSR count). The Hall–Kier alpha value is -4.25. The fourth-order valence-electron chi connectivity index (χ4n) is 4.13. The Morgan fingerprint density at radius 3 is 2.64 bits per heavy atom. The highest BCUT2D eigenvalue weighted by molar-refractivity contribution is 6.30. The van der Waals surface area contributed by atoms with Gasteiger partial charge in [-0.15, -0.1) is 0 Å². The summed E-state index contributed by atoms with van der Waals surface area (Å²) in [6.07, 6.45) is 4.59. The maximum absolute atomic E-state index is 14.0. The lowest BCUT2D eigenvalue weighted by atomic mass is 10.2. The summed E-state index contributed by atoms with van der Waals surface area (Å²) in [6.45, 7) is 0. The van der Waals surface area contributed by atoms with Gasteiger partial charge in [-0.3, -0.25) is 13.8 Å². The number of nitrogens with one attached hydrogen (secondary N) is 1. The van der Waals surface area contributed by atoms with Crippen molar-refractivity contribution in [3.05, 3.63) is 86.3 Å². The number of fused-ring (bicyclic) bond motifs is 2. The van der Waals surface area contributed by atoms with E-state index in [-0.39, 0.29) is 45.0 Å².